The Morgan fingerprint density at radius 1 is 1.24 bits per heavy atom. The molecule has 4 atom stereocenters. The van der Waals surface area contributed by atoms with Gasteiger partial charge in [-0.25, -0.2) is 18.6 Å². The number of hydrogen-bond acceptors (Lipinski definition) is 6. The molecule has 1 unspecified atom stereocenters. The van der Waals surface area contributed by atoms with Gasteiger partial charge in [0.25, 0.3) is 5.91 Å². The van der Waals surface area contributed by atoms with Gasteiger partial charge in [0.15, 0.2) is 11.5 Å². The molecule has 238 valence electrons. The predicted molar refractivity (Wildman–Crippen MR) is 171 cm³/mol. The van der Waals surface area contributed by atoms with Crippen molar-refractivity contribution >= 4 is 61.5 Å². The Labute approximate surface area is 273 Å². The highest BCUT2D eigenvalue weighted by Crippen LogP contribution is 2.55. The number of thioether (sulfide) groups is 1. The van der Waals surface area contributed by atoms with Crippen LogP contribution in [0, 0.1) is 23.1 Å². The van der Waals surface area contributed by atoms with Crippen molar-refractivity contribution < 1.29 is 23.1 Å². The number of halogens is 3. The van der Waals surface area contributed by atoms with Crippen molar-refractivity contribution in [2.75, 3.05) is 19.3 Å². The SMILES string of the molecule is CSc1nc2c(F)c(Br)c(CCC#N)cc2c2c1cc(C1CCCN1C(=O)C1(F)CC1)n2[C@H]1[C@@H]2C[C@H]1N(C(=O)OC(C)(C)C)C2. The van der Waals surface area contributed by atoms with E-state index >= 15 is 8.78 Å². The Bertz CT molecular complexity index is 1800. The van der Waals surface area contributed by atoms with E-state index in [0.717, 1.165) is 29.4 Å². The fourth-order valence-electron chi connectivity index (χ4n) is 7.61. The lowest BCUT2D eigenvalue weighted by atomic mass is 9.79. The molecule has 2 aromatic heterocycles. The minimum absolute atomic E-state index is 0.127. The zero-order valence-electron chi connectivity index (χ0n) is 25.8. The molecule has 8 rings (SSSR count). The fourth-order valence-corrected chi connectivity index (χ4v) is 8.67. The van der Waals surface area contributed by atoms with Gasteiger partial charge in [0, 0.05) is 41.9 Å². The van der Waals surface area contributed by atoms with Crippen molar-refractivity contribution in [3.8, 4) is 6.07 Å². The van der Waals surface area contributed by atoms with Crippen LogP contribution in [0.4, 0.5) is 13.6 Å². The summed E-state index contributed by atoms with van der Waals surface area (Å²) in [6.45, 7) is 6.57. The van der Waals surface area contributed by atoms with Gasteiger partial charge in [-0.05, 0) is 99.2 Å². The molecular formula is C33H36BrF2N5O3S. The maximum atomic E-state index is 16.1. The molecule has 12 heteroatoms. The first-order valence-corrected chi connectivity index (χ1v) is 17.6. The van der Waals surface area contributed by atoms with Gasteiger partial charge >= 0.3 is 6.09 Å². The number of alkyl halides is 1. The van der Waals surface area contributed by atoms with Crippen LogP contribution in [-0.4, -0.2) is 68.0 Å². The Kier molecular flexibility index (Phi) is 7.40. The molecule has 5 aliphatic rings. The summed E-state index contributed by atoms with van der Waals surface area (Å²) >= 11 is 4.85. The largest absolute Gasteiger partial charge is 0.444 e. The van der Waals surface area contributed by atoms with E-state index in [9.17, 15) is 14.9 Å². The molecule has 3 aromatic rings. The molecule has 0 spiro atoms. The molecule has 3 aliphatic heterocycles. The number of pyridine rings is 1. The number of aromatic nitrogens is 2. The Hall–Kier alpha value is -2.91. The summed E-state index contributed by atoms with van der Waals surface area (Å²) in [7, 11) is 0. The van der Waals surface area contributed by atoms with Crippen LogP contribution < -0.4 is 0 Å². The summed E-state index contributed by atoms with van der Waals surface area (Å²) in [5, 5.41) is 11.4. The normalized spacial score (nSPS) is 25.1. The van der Waals surface area contributed by atoms with E-state index in [0.29, 0.717) is 46.4 Å². The van der Waals surface area contributed by atoms with Crippen molar-refractivity contribution in [1.82, 2.24) is 19.4 Å². The van der Waals surface area contributed by atoms with E-state index in [2.05, 4.69) is 32.6 Å². The summed E-state index contributed by atoms with van der Waals surface area (Å²) in [6.07, 6.45) is 4.90. The van der Waals surface area contributed by atoms with Gasteiger partial charge < -0.3 is 19.1 Å². The van der Waals surface area contributed by atoms with Crippen molar-refractivity contribution in [2.24, 2.45) is 5.92 Å². The van der Waals surface area contributed by atoms with E-state index in [1.54, 1.807) is 4.90 Å². The van der Waals surface area contributed by atoms with Gasteiger partial charge in [0.2, 0.25) is 0 Å². The molecule has 0 radical (unpaired) electrons. The molecule has 2 saturated carbocycles. The number of hydrogen-bond donors (Lipinski definition) is 0. The summed E-state index contributed by atoms with van der Waals surface area (Å²) < 4.78 is 39.6. The van der Waals surface area contributed by atoms with E-state index in [4.69, 9.17) is 9.72 Å². The first kappa shape index (κ1) is 30.7. The zero-order chi connectivity index (χ0) is 32.0. The van der Waals surface area contributed by atoms with E-state index in [-0.39, 0.29) is 54.9 Å². The number of amides is 2. The third-order valence-electron chi connectivity index (χ3n) is 9.83. The standard InChI is InChI=1S/C33H36BrF2N5O3S/c1-32(2,3)44-31(43)40-16-18-14-23(40)27(18)41-22(21-8-6-12-39(21)30(42)33(36)9-10-33)15-20-28(41)19-13-17(7-5-11-37)24(34)25(35)26(19)38-29(20)45-4/h13,15,18,21,23,27H,5-10,12,14,16H2,1-4H3/t18-,21?,23-,27+/m1/s1. The molecule has 2 bridgehead atoms. The number of nitriles is 1. The number of benzene rings is 1. The average molecular weight is 701 g/mol. The lowest BCUT2D eigenvalue weighted by Crippen LogP contribution is -2.45. The Morgan fingerprint density at radius 3 is 2.67 bits per heavy atom. The number of rotatable bonds is 6. The molecule has 2 aliphatic carbocycles. The molecule has 5 heterocycles. The van der Waals surface area contributed by atoms with Gasteiger partial charge in [-0.2, -0.15) is 5.26 Å². The summed E-state index contributed by atoms with van der Waals surface area (Å²) in [4.78, 5) is 35.1. The number of ether oxygens (including phenoxy) is 1. The van der Waals surface area contributed by atoms with E-state index in [1.807, 2.05) is 38.0 Å². The molecule has 3 saturated heterocycles. The third-order valence-corrected chi connectivity index (χ3v) is 11.4. The number of fused-ring (bicyclic) bond motifs is 4. The molecule has 8 nitrogen and oxygen atoms in total. The molecule has 1 aromatic carbocycles. The van der Waals surface area contributed by atoms with Crippen molar-refractivity contribution in [1.29, 1.82) is 5.26 Å². The third kappa shape index (κ3) is 4.91. The predicted octanol–water partition coefficient (Wildman–Crippen LogP) is 7.62. The Morgan fingerprint density at radius 2 is 2.00 bits per heavy atom. The van der Waals surface area contributed by atoms with Crippen molar-refractivity contribution in [3.05, 3.63) is 33.7 Å². The van der Waals surface area contributed by atoms with Crippen LogP contribution in [0.15, 0.2) is 21.6 Å². The van der Waals surface area contributed by atoms with Gasteiger partial charge in [-0.15, -0.1) is 11.8 Å². The van der Waals surface area contributed by atoms with Gasteiger partial charge in [0.1, 0.15) is 16.1 Å². The Balaban J connectivity index is 1.45. The molecule has 2 amide bonds. The maximum absolute atomic E-state index is 16.1. The number of aryl methyl sites for hydroxylation is 1. The quantitative estimate of drug-likeness (QED) is 0.246. The molecule has 45 heavy (non-hydrogen) atoms. The lowest BCUT2D eigenvalue weighted by Gasteiger charge is -2.40. The van der Waals surface area contributed by atoms with Crippen LogP contribution in [-0.2, 0) is 16.0 Å². The molecular weight excluding hydrogens is 664 g/mol. The minimum Gasteiger partial charge on any atom is -0.444 e. The summed E-state index contributed by atoms with van der Waals surface area (Å²) in [6, 6.07) is 5.52. The van der Waals surface area contributed by atoms with Gasteiger partial charge in [-0.1, -0.05) is 0 Å². The van der Waals surface area contributed by atoms with Crippen LogP contribution >= 0.6 is 27.7 Å². The first-order valence-electron chi connectivity index (χ1n) is 15.6. The fraction of sp³-hybridized carbons (Fsp3) is 0.576. The van der Waals surface area contributed by atoms with Crippen LogP contribution in [0.25, 0.3) is 21.8 Å². The molecule has 5 fully saturated rings. The second-order valence-electron chi connectivity index (χ2n) is 13.8. The number of carbonyl (C=O) groups is 2. The van der Waals surface area contributed by atoms with Crippen molar-refractivity contribution in [3.63, 3.8) is 0 Å². The topological polar surface area (TPSA) is 91.5 Å². The summed E-state index contributed by atoms with van der Waals surface area (Å²) in [5.41, 5.74) is 0.148. The van der Waals surface area contributed by atoms with Crippen LogP contribution in [0.2, 0.25) is 0 Å². The smallest absolute Gasteiger partial charge is 0.410 e. The van der Waals surface area contributed by atoms with Gasteiger partial charge in [0.05, 0.1) is 34.2 Å². The highest BCUT2D eigenvalue weighted by molar-refractivity contribution is 9.10. The highest BCUT2D eigenvalue weighted by atomic mass is 79.9. The minimum atomic E-state index is -1.79. The van der Waals surface area contributed by atoms with Crippen LogP contribution in [0.3, 0.4) is 0 Å². The number of likely N-dealkylation sites (tertiary alicyclic amines) is 1. The second kappa shape index (κ2) is 10.8. The maximum Gasteiger partial charge on any atom is 0.410 e. The van der Waals surface area contributed by atoms with Crippen molar-refractivity contribution in [2.45, 2.75) is 100 Å². The van der Waals surface area contributed by atoms with E-state index in [1.165, 1.54) is 11.8 Å². The molecule has 0 N–H and O–H groups in total. The second-order valence-corrected chi connectivity index (χ2v) is 15.4. The van der Waals surface area contributed by atoms with Gasteiger partial charge in [-0.3, -0.25) is 4.79 Å². The average Bonchev–Trinajstić information content (AvgIpc) is 3.43. The summed E-state index contributed by atoms with van der Waals surface area (Å²) in [5.74, 6) is -0.794. The first-order chi connectivity index (χ1) is 21.4. The highest BCUT2D eigenvalue weighted by Gasteiger charge is 2.58. The zero-order valence-corrected chi connectivity index (χ0v) is 28.2. The van der Waals surface area contributed by atoms with Crippen LogP contribution in [0.5, 0.6) is 0 Å². The van der Waals surface area contributed by atoms with E-state index < -0.39 is 23.0 Å². The number of carbonyl (C=O) groups excluding carboxylic acids is 2. The number of nitrogens with zero attached hydrogens (tertiary/aromatic N) is 5. The van der Waals surface area contributed by atoms with Crippen LogP contribution in [0.1, 0.15) is 82.6 Å². The monoisotopic (exact) mass is 699 g/mol. The lowest BCUT2D eigenvalue weighted by molar-refractivity contribution is -0.139.